The van der Waals surface area contributed by atoms with Crippen LogP contribution in [0.4, 0.5) is 0 Å². The molecule has 1 aliphatic carbocycles. The molecule has 17 heavy (non-hydrogen) atoms. The van der Waals surface area contributed by atoms with Gasteiger partial charge in [0.2, 0.25) is 0 Å². The number of hydrogen-bond acceptors (Lipinski definition) is 3. The first kappa shape index (κ1) is 10.0. The minimum Gasteiger partial charge on any atom is -0.373 e. The minimum absolute atomic E-state index is 0.458. The zero-order valence-electron chi connectivity index (χ0n) is 9.93. The van der Waals surface area contributed by atoms with Gasteiger partial charge in [-0.15, -0.1) is 0 Å². The number of ether oxygens (including phenoxy) is 1. The number of nitrogens with one attached hydrogen (secondary N) is 1. The van der Waals surface area contributed by atoms with Crippen molar-refractivity contribution in [3.8, 4) is 0 Å². The molecule has 1 aromatic rings. The molecule has 1 aromatic heterocycles. The van der Waals surface area contributed by atoms with Crippen LogP contribution < -0.4 is 5.32 Å². The van der Waals surface area contributed by atoms with Gasteiger partial charge < -0.3 is 10.1 Å². The fraction of sp³-hybridized carbons (Fsp3) is 0.643. The quantitative estimate of drug-likeness (QED) is 0.843. The second-order valence-corrected chi connectivity index (χ2v) is 5.52. The fourth-order valence-corrected chi connectivity index (χ4v) is 3.65. The molecule has 4 unspecified atom stereocenters. The van der Waals surface area contributed by atoms with Crippen LogP contribution in [-0.2, 0) is 11.2 Å². The number of nitrogens with zero attached hydrogens (tertiary/aromatic N) is 1. The maximum atomic E-state index is 5.90. The van der Waals surface area contributed by atoms with Crippen LogP contribution in [0.1, 0.15) is 43.0 Å². The zero-order chi connectivity index (χ0) is 11.2. The Hall–Kier alpha value is -0.930. The highest BCUT2D eigenvalue weighted by Gasteiger charge is 2.42. The van der Waals surface area contributed by atoms with Gasteiger partial charge in [-0.05, 0) is 43.7 Å². The highest BCUT2D eigenvalue weighted by Crippen LogP contribution is 2.37. The first-order valence-electron chi connectivity index (χ1n) is 6.75. The van der Waals surface area contributed by atoms with Gasteiger partial charge in [0.1, 0.15) is 0 Å². The molecule has 0 amide bonds. The maximum absolute atomic E-state index is 5.90. The molecule has 3 heterocycles. The van der Waals surface area contributed by atoms with Crippen LogP contribution in [0.2, 0.25) is 0 Å². The van der Waals surface area contributed by atoms with E-state index in [-0.39, 0.29) is 0 Å². The Kier molecular flexibility index (Phi) is 2.24. The van der Waals surface area contributed by atoms with Gasteiger partial charge in [0, 0.05) is 12.2 Å². The number of aryl methyl sites for hydroxylation is 1. The highest BCUT2D eigenvalue weighted by molar-refractivity contribution is 5.28. The Morgan fingerprint density at radius 3 is 3.12 bits per heavy atom. The molecule has 0 spiro atoms. The fourth-order valence-electron chi connectivity index (χ4n) is 3.65. The van der Waals surface area contributed by atoms with Crippen molar-refractivity contribution in [2.45, 2.75) is 56.4 Å². The molecule has 90 valence electrons. The Morgan fingerprint density at radius 1 is 1.29 bits per heavy atom. The number of fused-ring (bicyclic) bond motifs is 3. The van der Waals surface area contributed by atoms with Gasteiger partial charge in [0.25, 0.3) is 0 Å². The van der Waals surface area contributed by atoms with Crippen LogP contribution in [0.25, 0.3) is 0 Å². The van der Waals surface area contributed by atoms with Crippen LogP contribution in [0.15, 0.2) is 18.3 Å². The van der Waals surface area contributed by atoms with Crippen molar-refractivity contribution in [3.05, 3.63) is 29.6 Å². The molecule has 3 heteroatoms. The summed E-state index contributed by atoms with van der Waals surface area (Å²) in [6.07, 6.45) is 8.98. The summed E-state index contributed by atoms with van der Waals surface area (Å²) in [4.78, 5) is 4.54. The van der Waals surface area contributed by atoms with Crippen molar-refractivity contribution in [1.29, 1.82) is 0 Å². The first-order valence-corrected chi connectivity index (χ1v) is 6.75. The van der Waals surface area contributed by atoms with Crippen molar-refractivity contribution < 1.29 is 4.74 Å². The highest BCUT2D eigenvalue weighted by atomic mass is 16.5. The van der Waals surface area contributed by atoms with E-state index in [0.29, 0.717) is 24.3 Å². The largest absolute Gasteiger partial charge is 0.373 e. The van der Waals surface area contributed by atoms with E-state index in [0.717, 1.165) is 0 Å². The lowest BCUT2D eigenvalue weighted by Gasteiger charge is -2.24. The van der Waals surface area contributed by atoms with Crippen molar-refractivity contribution in [2.75, 3.05) is 0 Å². The topological polar surface area (TPSA) is 34.2 Å². The smallest absolute Gasteiger partial charge is 0.0733 e. The third-order valence-corrected chi connectivity index (χ3v) is 4.48. The molecular weight excluding hydrogens is 212 g/mol. The summed E-state index contributed by atoms with van der Waals surface area (Å²) in [6, 6.07) is 5.27. The lowest BCUT2D eigenvalue weighted by molar-refractivity contribution is 0.0959. The van der Waals surface area contributed by atoms with Gasteiger partial charge in [0.05, 0.1) is 23.9 Å². The number of hydrogen-bond donors (Lipinski definition) is 1. The SMILES string of the molecule is c1cnc2c(c1)CCC2NC1CC2CCC1O2. The van der Waals surface area contributed by atoms with Gasteiger partial charge in [-0.25, -0.2) is 0 Å². The van der Waals surface area contributed by atoms with Gasteiger partial charge in [-0.1, -0.05) is 6.07 Å². The summed E-state index contributed by atoms with van der Waals surface area (Å²) >= 11 is 0. The molecule has 3 aliphatic rings. The third kappa shape index (κ3) is 1.60. The van der Waals surface area contributed by atoms with Crippen molar-refractivity contribution >= 4 is 0 Å². The summed E-state index contributed by atoms with van der Waals surface area (Å²) in [5.41, 5.74) is 2.70. The van der Waals surface area contributed by atoms with Gasteiger partial charge in [-0.2, -0.15) is 0 Å². The minimum atomic E-state index is 0.458. The Morgan fingerprint density at radius 2 is 2.29 bits per heavy atom. The van der Waals surface area contributed by atoms with E-state index in [2.05, 4.69) is 16.4 Å². The average Bonchev–Trinajstić information content (AvgIpc) is 3.05. The van der Waals surface area contributed by atoms with E-state index >= 15 is 0 Å². The average molecular weight is 230 g/mol. The standard InChI is InChI=1S/C14H18N2O/c1-2-9-3-5-11(14(9)15-7-1)16-12-8-10-4-6-13(12)17-10/h1-2,7,10-13,16H,3-6,8H2. The summed E-state index contributed by atoms with van der Waals surface area (Å²) in [5.74, 6) is 0. The summed E-state index contributed by atoms with van der Waals surface area (Å²) in [7, 11) is 0. The summed E-state index contributed by atoms with van der Waals surface area (Å²) < 4.78 is 5.90. The Bertz CT molecular complexity index is 434. The van der Waals surface area contributed by atoms with Crippen LogP contribution in [0, 0.1) is 0 Å². The van der Waals surface area contributed by atoms with E-state index in [1.54, 1.807) is 0 Å². The van der Waals surface area contributed by atoms with Crippen LogP contribution in [-0.4, -0.2) is 23.2 Å². The van der Waals surface area contributed by atoms with Crippen molar-refractivity contribution in [3.63, 3.8) is 0 Å². The molecular formula is C14H18N2O. The third-order valence-electron chi connectivity index (χ3n) is 4.48. The molecule has 2 fully saturated rings. The van der Waals surface area contributed by atoms with Crippen molar-refractivity contribution in [1.82, 2.24) is 10.3 Å². The molecule has 0 saturated carbocycles. The predicted molar refractivity (Wildman–Crippen MR) is 64.7 cm³/mol. The van der Waals surface area contributed by atoms with Gasteiger partial charge in [-0.3, -0.25) is 4.98 Å². The monoisotopic (exact) mass is 230 g/mol. The molecule has 3 nitrogen and oxygen atoms in total. The summed E-state index contributed by atoms with van der Waals surface area (Å²) in [6.45, 7) is 0. The molecule has 1 N–H and O–H groups in total. The normalized spacial score (nSPS) is 38.6. The van der Waals surface area contributed by atoms with Gasteiger partial charge in [0.15, 0.2) is 0 Å². The Balaban J connectivity index is 1.51. The molecule has 2 saturated heterocycles. The van der Waals surface area contributed by atoms with E-state index in [9.17, 15) is 0 Å². The summed E-state index contributed by atoms with van der Waals surface area (Å²) in [5, 5.41) is 3.78. The predicted octanol–water partition coefficient (Wildman–Crippen LogP) is 1.98. The molecule has 0 radical (unpaired) electrons. The molecule has 4 rings (SSSR count). The Labute approximate surface area is 102 Å². The lowest BCUT2D eigenvalue weighted by Crippen LogP contribution is -2.39. The second-order valence-electron chi connectivity index (χ2n) is 5.52. The van der Waals surface area contributed by atoms with E-state index in [1.807, 2.05) is 12.3 Å². The number of pyridine rings is 1. The molecule has 4 atom stereocenters. The van der Waals surface area contributed by atoms with E-state index in [4.69, 9.17) is 4.74 Å². The molecule has 2 aliphatic heterocycles. The van der Waals surface area contributed by atoms with Gasteiger partial charge >= 0.3 is 0 Å². The van der Waals surface area contributed by atoms with Crippen LogP contribution in [0.3, 0.4) is 0 Å². The molecule has 2 bridgehead atoms. The van der Waals surface area contributed by atoms with Crippen LogP contribution in [0.5, 0.6) is 0 Å². The van der Waals surface area contributed by atoms with E-state index in [1.165, 1.54) is 43.4 Å². The molecule has 0 aromatic carbocycles. The van der Waals surface area contributed by atoms with Crippen LogP contribution >= 0.6 is 0 Å². The lowest BCUT2D eigenvalue weighted by atomic mass is 9.94. The van der Waals surface area contributed by atoms with E-state index < -0.39 is 0 Å². The number of rotatable bonds is 2. The van der Waals surface area contributed by atoms with Crippen molar-refractivity contribution in [2.24, 2.45) is 0 Å². The first-order chi connectivity index (χ1) is 8.40. The second kappa shape index (κ2) is 3.79. The maximum Gasteiger partial charge on any atom is 0.0733 e. The zero-order valence-corrected chi connectivity index (χ0v) is 9.93. The number of aromatic nitrogens is 1.